The Balaban J connectivity index is 2.61. The van der Waals surface area contributed by atoms with Gasteiger partial charge in [0, 0.05) is 0 Å². The number of aromatic nitrogens is 2. The molecule has 0 fully saturated rings. The normalized spacial score (nSPS) is 11.1. The van der Waals surface area contributed by atoms with E-state index in [2.05, 4.69) is 26.9 Å². The van der Waals surface area contributed by atoms with Crippen molar-refractivity contribution in [3.8, 4) is 5.88 Å². The van der Waals surface area contributed by atoms with Crippen molar-refractivity contribution < 1.29 is 17.9 Å². The van der Waals surface area contributed by atoms with Crippen molar-refractivity contribution in [3.05, 3.63) is 18.1 Å². The van der Waals surface area contributed by atoms with E-state index in [4.69, 9.17) is 5.73 Å². The second-order valence-corrected chi connectivity index (χ2v) is 2.95. The van der Waals surface area contributed by atoms with E-state index in [1.54, 1.807) is 0 Å². The molecule has 0 aliphatic rings. The quantitative estimate of drug-likeness (QED) is 0.796. The number of ether oxygens (including phenoxy) is 1. The van der Waals surface area contributed by atoms with E-state index in [-0.39, 0.29) is 16.6 Å². The van der Waals surface area contributed by atoms with Crippen LogP contribution in [0.1, 0.15) is 5.69 Å². The summed E-state index contributed by atoms with van der Waals surface area (Å²) >= 11 is 4.58. The van der Waals surface area contributed by atoms with E-state index in [1.165, 1.54) is 0 Å². The van der Waals surface area contributed by atoms with Crippen molar-refractivity contribution in [2.45, 2.75) is 6.18 Å². The molecule has 0 aliphatic carbocycles. The first kappa shape index (κ1) is 11.6. The number of nitrogens with zero attached hydrogens (tertiary/aromatic N) is 2. The zero-order valence-corrected chi connectivity index (χ0v) is 8.10. The Kier molecular flexibility index (Phi) is 3.40. The lowest BCUT2D eigenvalue weighted by Crippen LogP contribution is -2.20. The van der Waals surface area contributed by atoms with Crippen LogP contribution in [0.15, 0.2) is 12.4 Å². The van der Waals surface area contributed by atoms with Crippen molar-refractivity contribution in [1.29, 1.82) is 0 Å². The number of thiocarbonyl (C=S) groups is 1. The standard InChI is InChI=1S/C7H6F3N3OS/c8-7(9,10)3-14-5-2-12-4(1-13-5)6(11)15/h1-2H,3H2,(H2,11,15). The van der Waals surface area contributed by atoms with Gasteiger partial charge in [-0.15, -0.1) is 0 Å². The van der Waals surface area contributed by atoms with Gasteiger partial charge in [-0.3, -0.25) is 0 Å². The van der Waals surface area contributed by atoms with Gasteiger partial charge in [-0.1, -0.05) is 12.2 Å². The van der Waals surface area contributed by atoms with Gasteiger partial charge < -0.3 is 10.5 Å². The van der Waals surface area contributed by atoms with Crippen LogP contribution >= 0.6 is 12.2 Å². The van der Waals surface area contributed by atoms with Crippen LogP contribution in [0.3, 0.4) is 0 Å². The Labute approximate surface area is 88.3 Å². The number of alkyl halides is 3. The van der Waals surface area contributed by atoms with Crippen molar-refractivity contribution in [3.63, 3.8) is 0 Å². The molecule has 4 nitrogen and oxygen atoms in total. The maximum Gasteiger partial charge on any atom is 0.422 e. The number of nitrogens with two attached hydrogens (primary N) is 1. The molecule has 2 N–H and O–H groups in total. The summed E-state index contributed by atoms with van der Waals surface area (Å²) in [7, 11) is 0. The highest BCUT2D eigenvalue weighted by atomic mass is 32.1. The van der Waals surface area contributed by atoms with Crippen LogP contribution in [0.2, 0.25) is 0 Å². The van der Waals surface area contributed by atoms with Gasteiger partial charge >= 0.3 is 6.18 Å². The lowest BCUT2D eigenvalue weighted by atomic mass is 10.4. The zero-order chi connectivity index (χ0) is 11.5. The van der Waals surface area contributed by atoms with E-state index in [1.807, 2.05) is 0 Å². The number of halogens is 3. The number of hydrogen-bond donors (Lipinski definition) is 1. The van der Waals surface area contributed by atoms with Crippen molar-refractivity contribution in [1.82, 2.24) is 9.97 Å². The third kappa shape index (κ3) is 4.07. The summed E-state index contributed by atoms with van der Waals surface area (Å²) in [5.41, 5.74) is 5.44. The Bertz CT molecular complexity index is 351. The zero-order valence-electron chi connectivity index (χ0n) is 7.28. The van der Waals surface area contributed by atoms with Crippen LogP contribution in [-0.2, 0) is 0 Å². The van der Waals surface area contributed by atoms with E-state index in [9.17, 15) is 13.2 Å². The fourth-order valence-corrected chi connectivity index (χ4v) is 0.779. The average Bonchev–Trinajstić information content (AvgIpc) is 2.14. The van der Waals surface area contributed by atoms with E-state index >= 15 is 0 Å². The first-order valence-electron chi connectivity index (χ1n) is 3.70. The molecule has 15 heavy (non-hydrogen) atoms. The van der Waals surface area contributed by atoms with Gasteiger partial charge in [-0.2, -0.15) is 13.2 Å². The highest BCUT2D eigenvalue weighted by Crippen LogP contribution is 2.16. The minimum Gasteiger partial charge on any atom is -0.467 e. The highest BCUT2D eigenvalue weighted by molar-refractivity contribution is 7.80. The van der Waals surface area contributed by atoms with Crippen LogP contribution in [0.4, 0.5) is 13.2 Å². The summed E-state index contributed by atoms with van der Waals surface area (Å²) in [6.45, 7) is -1.41. The molecule has 0 saturated heterocycles. The summed E-state index contributed by atoms with van der Waals surface area (Å²) in [5, 5.41) is 0. The molecular weight excluding hydrogens is 231 g/mol. The smallest absolute Gasteiger partial charge is 0.422 e. The van der Waals surface area contributed by atoms with E-state index < -0.39 is 12.8 Å². The first-order valence-corrected chi connectivity index (χ1v) is 4.11. The van der Waals surface area contributed by atoms with E-state index in [0.29, 0.717) is 0 Å². The molecule has 0 atom stereocenters. The third-order valence-electron chi connectivity index (χ3n) is 1.26. The molecule has 1 rings (SSSR count). The Morgan fingerprint density at radius 2 is 2.07 bits per heavy atom. The molecule has 0 amide bonds. The number of rotatable bonds is 3. The Morgan fingerprint density at radius 1 is 1.40 bits per heavy atom. The topological polar surface area (TPSA) is 61.0 Å². The van der Waals surface area contributed by atoms with Crippen LogP contribution in [0, 0.1) is 0 Å². The van der Waals surface area contributed by atoms with Crippen LogP contribution < -0.4 is 10.5 Å². The predicted octanol–water partition coefficient (Wildman–Crippen LogP) is 1.05. The lowest BCUT2D eigenvalue weighted by molar-refractivity contribution is -0.154. The highest BCUT2D eigenvalue weighted by Gasteiger charge is 2.28. The minimum atomic E-state index is -4.40. The van der Waals surface area contributed by atoms with Crippen molar-refractivity contribution >= 4 is 17.2 Å². The van der Waals surface area contributed by atoms with Gasteiger partial charge in [0.05, 0.1) is 12.4 Å². The molecule has 0 spiro atoms. The monoisotopic (exact) mass is 237 g/mol. The Morgan fingerprint density at radius 3 is 2.47 bits per heavy atom. The molecule has 82 valence electrons. The minimum absolute atomic E-state index is 0.0184. The fraction of sp³-hybridized carbons (Fsp3) is 0.286. The summed E-state index contributed by atoms with van der Waals surface area (Å²) in [4.78, 5) is 7.23. The largest absolute Gasteiger partial charge is 0.467 e. The average molecular weight is 237 g/mol. The molecule has 0 saturated carbocycles. The molecule has 8 heteroatoms. The molecule has 0 aromatic carbocycles. The summed E-state index contributed by atoms with van der Waals surface area (Å²) in [6.07, 6.45) is -2.22. The lowest BCUT2D eigenvalue weighted by Gasteiger charge is -2.07. The molecular formula is C7H6F3N3OS. The molecule has 0 radical (unpaired) electrons. The summed E-state index contributed by atoms with van der Waals surface area (Å²) in [5.74, 6) is -0.229. The first-order chi connectivity index (χ1) is 6.88. The maximum atomic E-state index is 11.7. The predicted molar refractivity (Wildman–Crippen MR) is 49.5 cm³/mol. The fourth-order valence-electron chi connectivity index (χ4n) is 0.674. The second kappa shape index (κ2) is 4.39. The summed E-state index contributed by atoms with van der Waals surface area (Å²) < 4.78 is 39.5. The summed E-state index contributed by atoms with van der Waals surface area (Å²) in [6, 6.07) is 0. The van der Waals surface area contributed by atoms with Crippen molar-refractivity contribution in [2.75, 3.05) is 6.61 Å². The van der Waals surface area contributed by atoms with Gasteiger partial charge in [-0.25, -0.2) is 9.97 Å². The molecule has 0 unspecified atom stereocenters. The molecule has 0 bridgehead atoms. The van der Waals surface area contributed by atoms with E-state index in [0.717, 1.165) is 12.4 Å². The SMILES string of the molecule is NC(=S)c1cnc(OCC(F)(F)F)cn1. The van der Waals surface area contributed by atoms with Gasteiger partial charge in [0.1, 0.15) is 10.7 Å². The van der Waals surface area contributed by atoms with Gasteiger partial charge in [0.15, 0.2) is 6.61 Å². The van der Waals surface area contributed by atoms with Gasteiger partial charge in [-0.05, 0) is 0 Å². The van der Waals surface area contributed by atoms with Crippen LogP contribution in [0.5, 0.6) is 5.88 Å². The van der Waals surface area contributed by atoms with Crippen LogP contribution in [0.25, 0.3) is 0 Å². The second-order valence-electron chi connectivity index (χ2n) is 2.51. The molecule has 1 aromatic rings. The van der Waals surface area contributed by atoms with Crippen molar-refractivity contribution in [2.24, 2.45) is 5.73 Å². The molecule has 1 heterocycles. The molecule has 1 aromatic heterocycles. The number of hydrogen-bond acceptors (Lipinski definition) is 4. The van der Waals surface area contributed by atoms with Gasteiger partial charge in [0.2, 0.25) is 5.88 Å². The van der Waals surface area contributed by atoms with Crippen LogP contribution in [-0.4, -0.2) is 27.7 Å². The van der Waals surface area contributed by atoms with Gasteiger partial charge in [0.25, 0.3) is 0 Å². The molecule has 0 aliphatic heterocycles. The Hall–Kier alpha value is -1.44. The maximum absolute atomic E-state index is 11.7. The third-order valence-corrected chi connectivity index (χ3v) is 1.47.